The monoisotopic (exact) mass is 430 g/mol. The van der Waals surface area contributed by atoms with Gasteiger partial charge in [0.15, 0.2) is 11.5 Å². The highest BCUT2D eigenvalue weighted by atomic mass is 16.5. The molecule has 2 amide bonds. The van der Waals surface area contributed by atoms with E-state index in [0.29, 0.717) is 28.2 Å². The number of methoxy groups -OCH3 is 1. The van der Waals surface area contributed by atoms with E-state index in [-0.39, 0.29) is 12.2 Å². The molecule has 1 aliphatic heterocycles. The Bertz CT molecular complexity index is 1200. The van der Waals surface area contributed by atoms with Gasteiger partial charge < -0.3 is 14.6 Å². The predicted molar refractivity (Wildman–Crippen MR) is 115 cm³/mol. The summed E-state index contributed by atoms with van der Waals surface area (Å²) in [6.45, 7) is 0.147. The summed E-state index contributed by atoms with van der Waals surface area (Å²) >= 11 is 0. The number of fused-ring (bicyclic) bond motifs is 1. The maximum absolute atomic E-state index is 12.5. The summed E-state index contributed by atoms with van der Waals surface area (Å²) in [6, 6.07) is 18.0. The minimum Gasteiger partial charge on any atom is -0.493 e. The number of ether oxygens (including phenoxy) is 2. The smallest absolute Gasteiger partial charge is 0.335 e. The molecule has 8 nitrogen and oxygen atoms in total. The Morgan fingerprint density at radius 3 is 2.22 bits per heavy atom. The number of para-hydroxylation sites is 1. The number of benzene rings is 3. The van der Waals surface area contributed by atoms with E-state index >= 15 is 0 Å². The van der Waals surface area contributed by atoms with Crippen molar-refractivity contribution < 1.29 is 29.0 Å². The lowest BCUT2D eigenvalue weighted by Crippen LogP contribution is -2.24. The Morgan fingerprint density at radius 2 is 1.62 bits per heavy atom. The summed E-state index contributed by atoms with van der Waals surface area (Å²) in [6.07, 6.45) is 1.37. The normalized spacial score (nSPS) is 12.8. The van der Waals surface area contributed by atoms with Gasteiger partial charge in [-0.2, -0.15) is 10.1 Å². The standard InChI is InChI=1S/C24H18N2O6/c1-31-20-8-4-5-17(21(20)32-14-15-9-11-16(12-10-15)24(29)30)13-25-26-22(27)18-6-2-3-7-19(18)23(26)28/h2-13H,14H2,1H3,(H,29,30)/b25-13-. The molecule has 3 aromatic carbocycles. The second kappa shape index (κ2) is 8.73. The van der Waals surface area contributed by atoms with E-state index in [1.54, 1.807) is 54.6 Å². The van der Waals surface area contributed by atoms with Crippen molar-refractivity contribution in [3.05, 3.63) is 94.5 Å². The summed E-state index contributed by atoms with van der Waals surface area (Å²) in [5, 5.41) is 13.9. The van der Waals surface area contributed by atoms with Gasteiger partial charge in [-0.15, -0.1) is 0 Å². The van der Waals surface area contributed by atoms with Crippen LogP contribution in [0.25, 0.3) is 0 Å². The average molecular weight is 430 g/mol. The van der Waals surface area contributed by atoms with E-state index < -0.39 is 17.8 Å². The third-order valence-electron chi connectivity index (χ3n) is 4.90. The lowest BCUT2D eigenvalue weighted by atomic mass is 10.1. The molecular formula is C24H18N2O6. The van der Waals surface area contributed by atoms with Gasteiger partial charge in [0, 0.05) is 5.56 Å². The lowest BCUT2D eigenvalue weighted by Gasteiger charge is -2.14. The number of rotatable bonds is 7. The minimum atomic E-state index is -1.01. The van der Waals surface area contributed by atoms with Crippen LogP contribution in [0.2, 0.25) is 0 Å². The molecule has 8 heteroatoms. The van der Waals surface area contributed by atoms with Gasteiger partial charge in [0.25, 0.3) is 11.8 Å². The zero-order valence-electron chi connectivity index (χ0n) is 17.0. The number of hydrogen-bond donors (Lipinski definition) is 1. The molecule has 0 aromatic heterocycles. The molecular weight excluding hydrogens is 412 g/mol. The van der Waals surface area contributed by atoms with E-state index in [1.165, 1.54) is 25.5 Å². The van der Waals surface area contributed by atoms with Crippen molar-refractivity contribution in [2.24, 2.45) is 5.10 Å². The maximum atomic E-state index is 12.5. The number of imide groups is 1. The number of aromatic carboxylic acids is 1. The van der Waals surface area contributed by atoms with Gasteiger partial charge in [-0.25, -0.2) is 4.79 Å². The van der Waals surface area contributed by atoms with E-state index in [0.717, 1.165) is 10.6 Å². The summed E-state index contributed by atoms with van der Waals surface area (Å²) in [7, 11) is 1.49. The summed E-state index contributed by atoms with van der Waals surface area (Å²) in [5.41, 5.74) is 2.05. The topological polar surface area (TPSA) is 106 Å². The zero-order chi connectivity index (χ0) is 22.7. The van der Waals surface area contributed by atoms with Gasteiger partial charge >= 0.3 is 5.97 Å². The number of nitrogens with zero attached hydrogens (tertiary/aromatic N) is 2. The number of carbonyl (C=O) groups excluding carboxylic acids is 2. The Kier molecular flexibility index (Phi) is 5.67. The van der Waals surface area contributed by atoms with Crippen molar-refractivity contribution in [2.75, 3.05) is 7.11 Å². The molecule has 1 heterocycles. The molecule has 1 aliphatic rings. The van der Waals surface area contributed by atoms with Crippen LogP contribution in [0.1, 0.15) is 42.2 Å². The summed E-state index contributed by atoms with van der Waals surface area (Å²) in [5.74, 6) is -1.18. The molecule has 1 N–H and O–H groups in total. The number of carboxylic acid groups (broad SMARTS) is 1. The van der Waals surface area contributed by atoms with Crippen molar-refractivity contribution >= 4 is 24.0 Å². The second-order valence-corrected chi connectivity index (χ2v) is 6.88. The van der Waals surface area contributed by atoms with Crippen LogP contribution < -0.4 is 9.47 Å². The molecule has 0 aliphatic carbocycles. The quantitative estimate of drug-likeness (QED) is 0.454. The van der Waals surface area contributed by atoms with Gasteiger partial charge in [-0.05, 0) is 42.0 Å². The minimum absolute atomic E-state index is 0.147. The number of carbonyl (C=O) groups is 3. The first-order valence-electron chi connectivity index (χ1n) is 9.63. The molecule has 160 valence electrons. The van der Waals surface area contributed by atoms with Crippen LogP contribution in [-0.4, -0.2) is 41.2 Å². The molecule has 4 rings (SSSR count). The largest absolute Gasteiger partial charge is 0.493 e. The van der Waals surface area contributed by atoms with Crippen LogP contribution in [-0.2, 0) is 6.61 Å². The first-order valence-corrected chi connectivity index (χ1v) is 9.63. The van der Waals surface area contributed by atoms with Crippen molar-refractivity contribution in [3.63, 3.8) is 0 Å². The summed E-state index contributed by atoms with van der Waals surface area (Å²) in [4.78, 5) is 36.0. The first-order chi connectivity index (χ1) is 15.5. The third-order valence-corrected chi connectivity index (χ3v) is 4.90. The molecule has 0 saturated heterocycles. The SMILES string of the molecule is COc1cccc(/C=N\N2C(=O)c3ccccc3C2=O)c1OCc1ccc(C(=O)O)cc1. The Labute approximate surface area is 183 Å². The van der Waals surface area contributed by atoms with Crippen molar-refractivity contribution in [1.82, 2.24) is 5.01 Å². The molecule has 0 fully saturated rings. The second-order valence-electron chi connectivity index (χ2n) is 6.88. The molecule has 0 bridgehead atoms. The Morgan fingerprint density at radius 1 is 0.969 bits per heavy atom. The molecule has 3 aromatic rings. The molecule has 0 saturated carbocycles. The van der Waals surface area contributed by atoms with Crippen molar-refractivity contribution in [1.29, 1.82) is 0 Å². The van der Waals surface area contributed by atoms with Crippen molar-refractivity contribution in [3.8, 4) is 11.5 Å². The van der Waals surface area contributed by atoms with E-state index in [9.17, 15) is 14.4 Å². The van der Waals surface area contributed by atoms with Crippen LogP contribution in [0.15, 0.2) is 71.8 Å². The molecule has 0 radical (unpaired) electrons. The highest BCUT2D eigenvalue weighted by Crippen LogP contribution is 2.31. The van der Waals surface area contributed by atoms with Crippen LogP contribution in [0, 0.1) is 0 Å². The van der Waals surface area contributed by atoms with Gasteiger partial charge in [0.1, 0.15) is 6.61 Å². The fraction of sp³-hybridized carbons (Fsp3) is 0.0833. The van der Waals surface area contributed by atoms with Crippen LogP contribution in [0.4, 0.5) is 0 Å². The Hall–Kier alpha value is -4.46. The summed E-state index contributed by atoms with van der Waals surface area (Å²) < 4.78 is 11.3. The highest BCUT2D eigenvalue weighted by molar-refractivity contribution is 6.21. The predicted octanol–water partition coefficient (Wildman–Crippen LogP) is 3.60. The van der Waals surface area contributed by atoms with Crippen LogP contribution >= 0.6 is 0 Å². The Balaban J connectivity index is 1.57. The zero-order valence-corrected chi connectivity index (χ0v) is 17.0. The molecule has 0 unspecified atom stereocenters. The van der Waals surface area contributed by atoms with Gasteiger partial charge in [-0.3, -0.25) is 9.59 Å². The van der Waals surface area contributed by atoms with Crippen molar-refractivity contribution in [2.45, 2.75) is 6.61 Å². The maximum Gasteiger partial charge on any atom is 0.335 e. The first kappa shape index (κ1) is 20.8. The van der Waals surface area contributed by atoms with Gasteiger partial charge in [0.05, 0.1) is 30.0 Å². The van der Waals surface area contributed by atoms with Gasteiger partial charge in [-0.1, -0.05) is 30.3 Å². The number of hydrazone groups is 1. The van der Waals surface area contributed by atoms with Crippen LogP contribution in [0.5, 0.6) is 11.5 Å². The highest BCUT2D eigenvalue weighted by Gasteiger charge is 2.35. The van der Waals surface area contributed by atoms with Crippen LogP contribution in [0.3, 0.4) is 0 Å². The molecule has 32 heavy (non-hydrogen) atoms. The third kappa shape index (κ3) is 3.93. The van der Waals surface area contributed by atoms with E-state index in [1.807, 2.05) is 0 Å². The number of hydrogen-bond acceptors (Lipinski definition) is 6. The molecule has 0 spiro atoms. The van der Waals surface area contributed by atoms with Gasteiger partial charge in [0.2, 0.25) is 0 Å². The fourth-order valence-electron chi connectivity index (χ4n) is 3.25. The lowest BCUT2D eigenvalue weighted by molar-refractivity contribution is 0.0656. The average Bonchev–Trinajstić information content (AvgIpc) is 3.06. The number of amides is 2. The molecule has 0 atom stereocenters. The van der Waals surface area contributed by atoms with E-state index in [4.69, 9.17) is 14.6 Å². The van der Waals surface area contributed by atoms with E-state index in [2.05, 4.69) is 5.10 Å². The fourth-order valence-corrected chi connectivity index (χ4v) is 3.25. The number of carboxylic acids is 1.